The molecule has 0 spiro atoms. The highest BCUT2D eigenvalue weighted by Crippen LogP contribution is 2.28. The SMILES string of the molecule is Cc1cccc(C)c1CNc1cc(N2CCOCC2)cn2c(C)c(C)nc12. The van der Waals surface area contributed by atoms with Crippen molar-refractivity contribution in [1.82, 2.24) is 9.38 Å². The number of benzene rings is 1. The highest BCUT2D eigenvalue weighted by Gasteiger charge is 2.16. The molecule has 0 radical (unpaired) electrons. The average molecular weight is 364 g/mol. The van der Waals surface area contributed by atoms with E-state index in [1.807, 2.05) is 0 Å². The summed E-state index contributed by atoms with van der Waals surface area (Å²) in [5.41, 5.74) is 9.55. The average Bonchev–Trinajstić information content (AvgIpc) is 2.96. The lowest BCUT2D eigenvalue weighted by Crippen LogP contribution is -2.36. The number of morpholine rings is 1. The summed E-state index contributed by atoms with van der Waals surface area (Å²) in [6.45, 7) is 12.8. The molecule has 3 heterocycles. The third-order valence-electron chi connectivity index (χ3n) is 5.66. The maximum absolute atomic E-state index is 5.52. The van der Waals surface area contributed by atoms with Gasteiger partial charge < -0.3 is 19.4 Å². The maximum Gasteiger partial charge on any atom is 0.160 e. The van der Waals surface area contributed by atoms with Crippen molar-refractivity contribution in [3.8, 4) is 0 Å². The third kappa shape index (κ3) is 3.39. The third-order valence-corrected chi connectivity index (χ3v) is 5.66. The van der Waals surface area contributed by atoms with Crippen LogP contribution in [0.15, 0.2) is 30.5 Å². The molecule has 3 aromatic rings. The van der Waals surface area contributed by atoms with E-state index >= 15 is 0 Å². The van der Waals surface area contributed by atoms with Gasteiger partial charge in [-0.1, -0.05) is 18.2 Å². The number of fused-ring (bicyclic) bond motifs is 1. The van der Waals surface area contributed by atoms with Gasteiger partial charge in [-0.2, -0.15) is 0 Å². The summed E-state index contributed by atoms with van der Waals surface area (Å²) in [6, 6.07) is 8.70. The largest absolute Gasteiger partial charge is 0.378 e. The number of rotatable bonds is 4. The summed E-state index contributed by atoms with van der Waals surface area (Å²) in [7, 11) is 0. The molecule has 5 nitrogen and oxygen atoms in total. The fourth-order valence-electron chi connectivity index (χ4n) is 3.79. The Balaban J connectivity index is 1.72. The molecule has 1 aliphatic rings. The zero-order chi connectivity index (χ0) is 19.0. The normalized spacial score (nSPS) is 14.7. The molecular weight excluding hydrogens is 336 g/mol. The van der Waals surface area contributed by atoms with Gasteiger partial charge in [0.15, 0.2) is 5.65 Å². The standard InChI is InChI=1S/C22H28N4O/c1-15-6-5-7-16(2)20(15)13-23-21-12-19(25-8-10-27-11-9-25)14-26-18(4)17(3)24-22(21)26/h5-7,12,14,23H,8-11,13H2,1-4H3. The Hall–Kier alpha value is -2.53. The Morgan fingerprint density at radius 2 is 1.78 bits per heavy atom. The van der Waals surface area contributed by atoms with Crippen LogP contribution in [-0.2, 0) is 11.3 Å². The summed E-state index contributed by atoms with van der Waals surface area (Å²) in [6.07, 6.45) is 2.21. The van der Waals surface area contributed by atoms with Crippen LogP contribution >= 0.6 is 0 Å². The smallest absolute Gasteiger partial charge is 0.160 e. The number of imidazole rings is 1. The quantitative estimate of drug-likeness (QED) is 0.759. The molecule has 1 N–H and O–H groups in total. The molecule has 0 bridgehead atoms. The van der Waals surface area contributed by atoms with E-state index in [9.17, 15) is 0 Å². The van der Waals surface area contributed by atoms with Crippen LogP contribution in [0.25, 0.3) is 5.65 Å². The topological polar surface area (TPSA) is 41.8 Å². The number of nitrogens with zero attached hydrogens (tertiary/aromatic N) is 3. The number of pyridine rings is 1. The zero-order valence-electron chi connectivity index (χ0n) is 16.7. The van der Waals surface area contributed by atoms with Crippen LogP contribution in [0.2, 0.25) is 0 Å². The molecule has 1 aliphatic heterocycles. The Labute approximate surface area is 161 Å². The lowest BCUT2D eigenvalue weighted by Gasteiger charge is -2.29. The summed E-state index contributed by atoms with van der Waals surface area (Å²) < 4.78 is 7.74. The van der Waals surface area contributed by atoms with Gasteiger partial charge in [-0.15, -0.1) is 0 Å². The van der Waals surface area contributed by atoms with E-state index in [0.717, 1.165) is 49.9 Å². The molecule has 0 saturated carbocycles. The molecule has 27 heavy (non-hydrogen) atoms. The van der Waals surface area contributed by atoms with E-state index in [1.54, 1.807) is 0 Å². The van der Waals surface area contributed by atoms with Gasteiger partial charge in [0.1, 0.15) is 0 Å². The van der Waals surface area contributed by atoms with Gasteiger partial charge in [0.05, 0.1) is 30.3 Å². The molecule has 1 fully saturated rings. The molecule has 2 aromatic heterocycles. The zero-order valence-corrected chi connectivity index (χ0v) is 16.7. The van der Waals surface area contributed by atoms with E-state index in [1.165, 1.54) is 28.1 Å². The van der Waals surface area contributed by atoms with Crippen LogP contribution in [-0.4, -0.2) is 35.7 Å². The molecule has 1 saturated heterocycles. The van der Waals surface area contributed by atoms with Crippen LogP contribution in [0.5, 0.6) is 0 Å². The molecule has 4 rings (SSSR count). The highest BCUT2D eigenvalue weighted by molar-refractivity contribution is 5.74. The summed E-state index contributed by atoms with van der Waals surface area (Å²) in [4.78, 5) is 7.20. The molecular formula is C22H28N4O. The van der Waals surface area contributed by atoms with Gasteiger partial charge in [0, 0.05) is 31.5 Å². The first kappa shape index (κ1) is 17.9. The predicted molar refractivity (Wildman–Crippen MR) is 111 cm³/mol. The van der Waals surface area contributed by atoms with Crippen LogP contribution in [0.3, 0.4) is 0 Å². The predicted octanol–water partition coefficient (Wildman–Crippen LogP) is 4.02. The van der Waals surface area contributed by atoms with Gasteiger partial charge in [-0.05, 0) is 50.5 Å². The van der Waals surface area contributed by atoms with Crippen molar-refractivity contribution in [2.45, 2.75) is 34.2 Å². The van der Waals surface area contributed by atoms with Crippen molar-refractivity contribution < 1.29 is 4.74 Å². The molecule has 5 heteroatoms. The summed E-state index contributed by atoms with van der Waals surface area (Å²) >= 11 is 0. The van der Waals surface area contributed by atoms with Crippen LogP contribution < -0.4 is 10.2 Å². The van der Waals surface area contributed by atoms with E-state index in [0.29, 0.717) is 0 Å². The summed E-state index contributed by atoms with van der Waals surface area (Å²) in [5, 5.41) is 3.66. The molecule has 0 unspecified atom stereocenters. The Morgan fingerprint density at radius 1 is 1.07 bits per heavy atom. The van der Waals surface area contributed by atoms with Gasteiger partial charge in [0.25, 0.3) is 0 Å². The van der Waals surface area contributed by atoms with Gasteiger partial charge in [0.2, 0.25) is 0 Å². The Bertz CT molecular complexity index is 950. The van der Waals surface area contributed by atoms with Crippen LogP contribution in [0.4, 0.5) is 11.4 Å². The lowest BCUT2D eigenvalue weighted by molar-refractivity contribution is 0.122. The number of aromatic nitrogens is 2. The fraction of sp³-hybridized carbons (Fsp3) is 0.409. The van der Waals surface area contributed by atoms with E-state index in [-0.39, 0.29) is 0 Å². The van der Waals surface area contributed by atoms with Gasteiger partial charge in [-0.3, -0.25) is 0 Å². The first-order chi connectivity index (χ1) is 13.0. The minimum atomic E-state index is 0.783. The maximum atomic E-state index is 5.52. The number of hydrogen-bond donors (Lipinski definition) is 1. The number of aryl methyl sites for hydroxylation is 4. The number of anilines is 2. The monoisotopic (exact) mass is 364 g/mol. The Kier molecular flexibility index (Phi) is 4.79. The Morgan fingerprint density at radius 3 is 2.48 bits per heavy atom. The number of nitrogens with one attached hydrogen (secondary N) is 1. The van der Waals surface area contributed by atoms with E-state index in [2.05, 4.69) is 72.8 Å². The van der Waals surface area contributed by atoms with Crippen molar-refractivity contribution in [3.63, 3.8) is 0 Å². The van der Waals surface area contributed by atoms with Crippen molar-refractivity contribution in [1.29, 1.82) is 0 Å². The van der Waals surface area contributed by atoms with Crippen LogP contribution in [0, 0.1) is 27.7 Å². The molecule has 0 amide bonds. The van der Waals surface area contributed by atoms with Crippen molar-refractivity contribution >= 4 is 17.0 Å². The van der Waals surface area contributed by atoms with Crippen molar-refractivity contribution in [3.05, 3.63) is 58.5 Å². The van der Waals surface area contributed by atoms with Crippen molar-refractivity contribution in [2.24, 2.45) is 0 Å². The number of ether oxygens (including phenoxy) is 1. The minimum Gasteiger partial charge on any atom is -0.378 e. The summed E-state index contributed by atoms with van der Waals surface area (Å²) in [5.74, 6) is 0. The second kappa shape index (κ2) is 7.24. The molecule has 1 aromatic carbocycles. The second-order valence-corrected chi connectivity index (χ2v) is 7.41. The fourth-order valence-corrected chi connectivity index (χ4v) is 3.79. The van der Waals surface area contributed by atoms with Crippen molar-refractivity contribution in [2.75, 3.05) is 36.5 Å². The van der Waals surface area contributed by atoms with Gasteiger partial charge >= 0.3 is 0 Å². The molecule has 142 valence electrons. The number of hydrogen-bond acceptors (Lipinski definition) is 4. The van der Waals surface area contributed by atoms with E-state index < -0.39 is 0 Å². The molecule has 0 atom stereocenters. The molecule has 0 aliphatic carbocycles. The second-order valence-electron chi connectivity index (χ2n) is 7.41. The minimum absolute atomic E-state index is 0.783. The first-order valence-corrected chi connectivity index (χ1v) is 9.65. The highest BCUT2D eigenvalue weighted by atomic mass is 16.5. The van der Waals surface area contributed by atoms with E-state index in [4.69, 9.17) is 9.72 Å². The first-order valence-electron chi connectivity index (χ1n) is 9.65. The van der Waals surface area contributed by atoms with Crippen LogP contribution in [0.1, 0.15) is 28.1 Å². The lowest BCUT2D eigenvalue weighted by atomic mass is 10.0. The van der Waals surface area contributed by atoms with Gasteiger partial charge in [-0.25, -0.2) is 4.98 Å².